The monoisotopic (exact) mass is 517 g/mol. The van der Waals surface area contributed by atoms with Gasteiger partial charge in [-0.25, -0.2) is 4.39 Å². The van der Waals surface area contributed by atoms with E-state index < -0.39 is 57.7 Å². The predicted octanol–water partition coefficient (Wildman–Crippen LogP) is 6.18. The van der Waals surface area contributed by atoms with Gasteiger partial charge < -0.3 is 14.0 Å². The number of benzene rings is 2. The molecule has 194 valence electrons. The molecule has 0 bridgehead atoms. The third-order valence-corrected chi connectivity index (χ3v) is 6.90. The Morgan fingerprint density at radius 2 is 1.69 bits per heavy atom. The Labute approximate surface area is 206 Å². The van der Waals surface area contributed by atoms with Gasteiger partial charge in [-0.05, 0) is 88.1 Å². The molecular formula is C25H31F4NO4S. The maximum Gasteiger partial charge on any atom is 0.419 e. The van der Waals surface area contributed by atoms with Crippen LogP contribution in [0.5, 0.6) is 5.75 Å². The van der Waals surface area contributed by atoms with Crippen molar-refractivity contribution in [3.8, 4) is 16.9 Å². The van der Waals surface area contributed by atoms with E-state index >= 15 is 4.39 Å². The van der Waals surface area contributed by atoms with Crippen molar-refractivity contribution in [1.82, 2.24) is 4.72 Å². The first-order valence-corrected chi connectivity index (χ1v) is 12.1. The van der Waals surface area contributed by atoms with E-state index in [-0.39, 0.29) is 12.2 Å². The smallest absolute Gasteiger partial charge is 0.419 e. The van der Waals surface area contributed by atoms with Gasteiger partial charge in [0.25, 0.3) is 0 Å². The number of halogens is 4. The van der Waals surface area contributed by atoms with Crippen LogP contribution >= 0.6 is 0 Å². The SMILES string of the molecule is CCOC(=O)C[C@H](N[S+]([O-])C(C)(C)C)c1cc(-c2c(C)cc(OC)cc2C)cc(C(F)(F)F)c1F. The van der Waals surface area contributed by atoms with Crippen LogP contribution in [-0.2, 0) is 27.1 Å². The molecule has 5 nitrogen and oxygen atoms in total. The molecule has 0 saturated heterocycles. The van der Waals surface area contributed by atoms with Crippen molar-refractivity contribution in [3.63, 3.8) is 0 Å². The standard InChI is InChI=1S/C25H31F4NO4S/c1-8-34-21(31)13-20(30-35(32)24(4,5)6)18-11-16(12-19(23(18)26)25(27,28)29)22-14(2)9-17(33-7)10-15(22)3/h9-12,20,30H,8,13H2,1-7H3/t20-,35?/m0/s1. The maximum atomic E-state index is 15.4. The number of esters is 1. The average molecular weight is 518 g/mol. The summed E-state index contributed by atoms with van der Waals surface area (Å²) in [5.41, 5.74) is -0.0544. The molecule has 2 atom stereocenters. The normalized spacial score (nSPS) is 13.9. The Bertz CT molecular complexity index is 1040. The summed E-state index contributed by atoms with van der Waals surface area (Å²) >= 11 is -1.81. The number of methoxy groups -OCH3 is 1. The predicted molar refractivity (Wildman–Crippen MR) is 128 cm³/mol. The van der Waals surface area contributed by atoms with E-state index in [1.807, 2.05) is 0 Å². The van der Waals surface area contributed by atoms with Crippen molar-refractivity contribution in [2.75, 3.05) is 13.7 Å². The van der Waals surface area contributed by atoms with E-state index in [0.29, 0.717) is 22.4 Å². The molecule has 0 radical (unpaired) electrons. The molecule has 0 saturated carbocycles. The van der Waals surface area contributed by atoms with E-state index in [1.54, 1.807) is 53.7 Å². The molecule has 0 aromatic heterocycles. The summed E-state index contributed by atoms with van der Waals surface area (Å²) in [7, 11) is 1.48. The van der Waals surface area contributed by atoms with E-state index in [0.717, 1.165) is 6.07 Å². The molecule has 0 aliphatic rings. The van der Waals surface area contributed by atoms with Gasteiger partial charge in [0.15, 0.2) is 0 Å². The Morgan fingerprint density at radius 3 is 2.14 bits per heavy atom. The highest BCUT2D eigenvalue weighted by Gasteiger charge is 2.39. The number of hydrogen-bond donors (Lipinski definition) is 1. The lowest BCUT2D eigenvalue weighted by Gasteiger charge is -2.29. The minimum absolute atomic E-state index is 0.0362. The zero-order valence-corrected chi connectivity index (χ0v) is 21.7. The molecule has 0 aliphatic carbocycles. The summed E-state index contributed by atoms with van der Waals surface area (Å²) < 4.78 is 81.9. The number of hydrogen-bond acceptors (Lipinski definition) is 5. The number of carbonyl (C=O) groups is 1. The molecule has 0 fully saturated rings. The Hall–Kier alpha value is -2.30. The van der Waals surface area contributed by atoms with Crippen LogP contribution in [0.3, 0.4) is 0 Å². The summed E-state index contributed by atoms with van der Waals surface area (Å²) in [6.07, 6.45) is -5.51. The summed E-state index contributed by atoms with van der Waals surface area (Å²) in [5.74, 6) is -1.76. The summed E-state index contributed by atoms with van der Waals surface area (Å²) in [5, 5.41) is 0. The van der Waals surface area contributed by atoms with E-state index in [9.17, 15) is 22.5 Å². The van der Waals surface area contributed by atoms with Crippen LogP contribution in [0.15, 0.2) is 24.3 Å². The second kappa shape index (κ2) is 11.2. The first kappa shape index (κ1) is 28.9. The van der Waals surface area contributed by atoms with Crippen molar-refractivity contribution in [1.29, 1.82) is 0 Å². The largest absolute Gasteiger partial charge is 0.598 e. The van der Waals surface area contributed by atoms with Crippen LogP contribution in [-0.4, -0.2) is 29.0 Å². The van der Waals surface area contributed by atoms with Crippen LogP contribution < -0.4 is 9.46 Å². The fraction of sp³-hybridized carbons (Fsp3) is 0.480. The molecule has 35 heavy (non-hydrogen) atoms. The molecule has 0 amide bonds. The van der Waals surface area contributed by atoms with Gasteiger partial charge >= 0.3 is 12.1 Å². The zero-order chi connectivity index (χ0) is 26.7. The number of nitrogens with one attached hydrogen (secondary N) is 1. The fourth-order valence-electron chi connectivity index (χ4n) is 3.66. The number of rotatable bonds is 8. The lowest BCUT2D eigenvalue weighted by Crippen LogP contribution is -2.42. The highest BCUT2D eigenvalue weighted by molar-refractivity contribution is 7.90. The van der Waals surface area contributed by atoms with E-state index in [1.165, 1.54) is 13.2 Å². The van der Waals surface area contributed by atoms with Gasteiger partial charge in [0, 0.05) is 16.9 Å². The van der Waals surface area contributed by atoms with Gasteiger partial charge in [0.05, 0.1) is 31.7 Å². The fourth-order valence-corrected chi connectivity index (χ4v) is 4.48. The topological polar surface area (TPSA) is 70.6 Å². The highest BCUT2D eigenvalue weighted by Crippen LogP contribution is 2.40. The Morgan fingerprint density at radius 1 is 1.11 bits per heavy atom. The quantitative estimate of drug-likeness (QED) is 0.257. The second-order valence-electron chi connectivity index (χ2n) is 9.12. The van der Waals surface area contributed by atoms with Gasteiger partial charge in [0.1, 0.15) is 16.3 Å². The van der Waals surface area contributed by atoms with Crippen molar-refractivity contribution < 1.29 is 36.4 Å². The first-order chi connectivity index (χ1) is 16.1. The number of carbonyl (C=O) groups excluding carboxylic acids is 1. The van der Waals surface area contributed by atoms with E-state index in [4.69, 9.17) is 9.47 Å². The number of aryl methyl sites for hydroxylation is 2. The van der Waals surface area contributed by atoms with Crippen LogP contribution in [0, 0.1) is 19.7 Å². The zero-order valence-electron chi connectivity index (χ0n) is 20.9. The van der Waals surface area contributed by atoms with Gasteiger partial charge in [-0.2, -0.15) is 13.2 Å². The van der Waals surface area contributed by atoms with Gasteiger partial charge in [0.2, 0.25) is 0 Å². The molecule has 0 aliphatic heterocycles. The second-order valence-corrected chi connectivity index (χ2v) is 11.1. The lowest BCUT2D eigenvalue weighted by molar-refractivity contribution is -0.143. The Kier molecular flexibility index (Phi) is 9.24. The molecular weight excluding hydrogens is 486 g/mol. The van der Waals surface area contributed by atoms with Gasteiger partial charge in [-0.3, -0.25) is 4.79 Å². The molecule has 1 unspecified atom stereocenters. The highest BCUT2D eigenvalue weighted by atomic mass is 32.2. The minimum Gasteiger partial charge on any atom is -0.598 e. The average Bonchev–Trinajstić information content (AvgIpc) is 2.72. The third-order valence-electron chi connectivity index (χ3n) is 5.29. The molecule has 0 spiro atoms. The number of ether oxygens (including phenoxy) is 2. The number of alkyl halides is 3. The molecule has 2 aromatic carbocycles. The van der Waals surface area contributed by atoms with Gasteiger partial charge in [-0.15, -0.1) is 4.72 Å². The summed E-state index contributed by atoms with van der Waals surface area (Å²) in [6.45, 7) is 9.98. The molecule has 10 heteroatoms. The van der Waals surface area contributed by atoms with Crippen molar-refractivity contribution >= 4 is 17.3 Å². The summed E-state index contributed by atoms with van der Waals surface area (Å²) in [4.78, 5) is 12.3. The van der Waals surface area contributed by atoms with Crippen molar-refractivity contribution in [3.05, 3.63) is 52.3 Å². The minimum atomic E-state index is -5.00. The van der Waals surface area contributed by atoms with Crippen LogP contribution in [0.1, 0.15) is 62.4 Å². The first-order valence-electron chi connectivity index (χ1n) is 11.0. The molecule has 2 rings (SSSR count). The molecule has 2 aromatic rings. The summed E-state index contributed by atoms with van der Waals surface area (Å²) in [6, 6.07) is 4.03. The molecule has 1 N–H and O–H groups in total. The van der Waals surface area contributed by atoms with Crippen LogP contribution in [0.2, 0.25) is 0 Å². The van der Waals surface area contributed by atoms with Crippen molar-refractivity contribution in [2.24, 2.45) is 0 Å². The maximum absolute atomic E-state index is 15.4. The Balaban J connectivity index is 2.79. The van der Waals surface area contributed by atoms with E-state index in [2.05, 4.69) is 4.72 Å². The van der Waals surface area contributed by atoms with Crippen LogP contribution in [0.25, 0.3) is 11.1 Å². The third kappa shape index (κ3) is 7.11. The van der Waals surface area contributed by atoms with Crippen molar-refractivity contribution in [2.45, 2.75) is 64.9 Å². The lowest BCUT2D eigenvalue weighted by atomic mass is 9.90. The molecule has 0 heterocycles. The van der Waals surface area contributed by atoms with Crippen LogP contribution in [0.4, 0.5) is 17.6 Å². The van der Waals surface area contributed by atoms with Gasteiger partial charge in [-0.1, -0.05) is 0 Å².